The smallest absolute Gasteiger partial charge is 0.233 e. The summed E-state index contributed by atoms with van der Waals surface area (Å²) in [5.41, 5.74) is 0.864. The highest BCUT2D eigenvalue weighted by atomic mass is 32.2. The summed E-state index contributed by atoms with van der Waals surface area (Å²) in [6.07, 6.45) is 7.35. The molecule has 29 heavy (non-hydrogen) atoms. The number of thioether (sulfide) groups is 1. The van der Waals surface area contributed by atoms with Gasteiger partial charge in [0.2, 0.25) is 11.1 Å². The van der Waals surface area contributed by atoms with Crippen molar-refractivity contribution >= 4 is 17.7 Å². The molecule has 2 heterocycles. The summed E-state index contributed by atoms with van der Waals surface area (Å²) >= 11 is 1.36. The Balaban J connectivity index is 1.39. The zero-order chi connectivity index (χ0) is 20.2. The molecule has 0 radical (unpaired) electrons. The van der Waals surface area contributed by atoms with Gasteiger partial charge in [0.05, 0.1) is 12.4 Å². The molecule has 2 aliphatic rings. The van der Waals surface area contributed by atoms with Crippen molar-refractivity contribution in [2.24, 2.45) is 5.92 Å². The third kappa shape index (κ3) is 4.37. The predicted octanol–water partition coefficient (Wildman–Crippen LogP) is 3.33. The van der Waals surface area contributed by atoms with Crippen molar-refractivity contribution in [3.05, 3.63) is 24.3 Å². The number of likely N-dealkylation sites (tertiary alicyclic amines) is 1. The number of nitrogens with two attached hydrogens (primary N) is 1. The van der Waals surface area contributed by atoms with Crippen LogP contribution in [0.4, 0.5) is 0 Å². The normalized spacial score (nSPS) is 21.6. The van der Waals surface area contributed by atoms with Crippen LogP contribution in [0.15, 0.2) is 29.4 Å². The van der Waals surface area contributed by atoms with Crippen LogP contribution in [0.1, 0.15) is 45.4 Å². The standard InChI is InChI=1S/C21H29N5O2S/c1-2-28-17-11-9-16(10-12-17)20-23-24-21(26(20)22)29-14-19(27)25-13-5-7-15-6-3-4-8-18(15)25/h9-12,15,18H,2-8,13-14,22H2,1H3/t15-,18-/m0/s1. The van der Waals surface area contributed by atoms with Crippen molar-refractivity contribution < 1.29 is 9.53 Å². The number of rotatable bonds is 6. The van der Waals surface area contributed by atoms with Gasteiger partial charge in [0.25, 0.3) is 0 Å². The minimum atomic E-state index is 0.192. The van der Waals surface area contributed by atoms with Crippen molar-refractivity contribution in [1.82, 2.24) is 19.8 Å². The monoisotopic (exact) mass is 415 g/mol. The average Bonchev–Trinajstić information content (AvgIpc) is 3.12. The van der Waals surface area contributed by atoms with E-state index in [1.165, 1.54) is 42.1 Å². The van der Waals surface area contributed by atoms with Gasteiger partial charge in [-0.25, -0.2) is 4.68 Å². The Kier molecular flexibility index (Phi) is 6.28. The van der Waals surface area contributed by atoms with Gasteiger partial charge in [-0.2, -0.15) is 0 Å². The van der Waals surface area contributed by atoms with Gasteiger partial charge in [-0.3, -0.25) is 4.79 Å². The average molecular weight is 416 g/mol. The van der Waals surface area contributed by atoms with Crippen LogP contribution in [-0.4, -0.2) is 50.6 Å². The van der Waals surface area contributed by atoms with E-state index in [2.05, 4.69) is 15.1 Å². The Labute approximate surface area is 176 Å². The van der Waals surface area contributed by atoms with Crippen LogP contribution >= 0.6 is 11.8 Å². The van der Waals surface area contributed by atoms with Gasteiger partial charge >= 0.3 is 0 Å². The first kappa shape index (κ1) is 20.1. The summed E-state index contributed by atoms with van der Waals surface area (Å²) < 4.78 is 6.94. The number of benzene rings is 1. The zero-order valence-corrected chi connectivity index (χ0v) is 17.7. The van der Waals surface area contributed by atoms with E-state index >= 15 is 0 Å². The molecule has 7 nitrogen and oxygen atoms in total. The molecule has 2 fully saturated rings. The molecule has 1 aromatic carbocycles. The molecule has 0 bridgehead atoms. The van der Waals surface area contributed by atoms with E-state index in [0.29, 0.717) is 35.3 Å². The first-order valence-corrected chi connectivity index (χ1v) is 11.5. The number of hydrogen-bond acceptors (Lipinski definition) is 6. The van der Waals surface area contributed by atoms with E-state index in [9.17, 15) is 4.79 Å². The second-order valence-electron chi connectivity index (χ2n) is 7.76. The van der Waals surface area contributed by atoms with Gasteiger partial charge in [-0.1, -0.05) is 24.6 Å². The van der Waals surface area contributed by atoms with Crippen molar-refractivity contribution in [3.8, 4) is 17.1 Å². The summed E-state index contributed by atoms with van der Waals surface area (Å²) in [5.74, 6) is 8.83. The number of hydrogen-bond donors (Lipinski definition) is 1. The maximum absolute atomic E-state index is 12.9. The van der Waals surface area contributed by atoms with Gasteiger partial charge in [0.15, 0.2) is 5.82 Å². The number of nitrogens with zero attached hydrogens (tertiary/aromatic N) is 4. The molecule has 8 heteroatoms. The number of ether oxygens (including phenoxy) is 1. The number of fused-ring (bicyclic) bond motifs is 1. The molecule has 1 aliphatic carbocycles. The molecular formula is C21H29N5O2S. The molecule has 1 aromatic heterocycles. The molecule has 156 valence electrons. The van der Waals surface area contributed by atoms with E-state index in [4.69, 9.17) is 10.6 Å². The number of nitrogen functional groups attached to an aromatic ring is 1. The Morgan fingerprint density at radius 3 is 2.72 bits per heavy atom. The van der Waals surface area contributed by atoms with Crippen LogP contribution in [0.3, 0.4) is 0 Å². The van der Waals surface area contributed by atoms with Gasteiger partial charge < -0.3 is 15.5 Å². The lowest BCUT2D eigenvalue weighted by atomic mass is 9.78. The van der Waals surface area contributed by atoms with Crippen molar-refractivity contribution in [3.63, 3.8) is 0 Å². The lowest BCUT2D eigenvalue weighted by Gasteiger charge is -2.44. The van der Waals surface area contributed by atoms with Crippen molar-refractivity contribution in [1.29, 1.82) is 0 Å². The molecule has 2 atom stereocenters. The number of aromatic nitrogens is 3. The van der Waals surface area contributed by atoms with Crippen LogP contribution in [0.25, 0.3) is 11.4 Å². The quantitative estimate of drug-likeness (QED) is 0.575. The molecule has 1 saturated carbocycles. The minimum absolute atomic E-state index is 0.192. The molecule has 4 rings (SSSR count). The number of carbonyl (C=O) groups is 1. The summed E-state index contributed by atoms with van der Waals surface area (Å²) in [4.78, 5) is 15.0. The maximum Gasteiger partial charge on any atom is 0.233 e. The molecule has 1 saturated heterocycles. The molecule has 2 N–H and O–H groups in total. The summed E-state index contributed by atoms with van der Waals surface area (Å²) in [6, 6.07) is 8.03. The zero-order valence-electron chi connectivity index (χ0n) is 16.9. The fourth-order valence-electron chi connectivity index (χ4n) is 4.58. The number of piperidine rings is 1. The highest BCUT2D eigenvalue weighted by molar-refractivity contribution is 7.99. The molecular weight excluding hydrogens is 386 g/mol. The predicted molar refractivity (Wildman–Crippen MR) is 114 cm³/mol. The van der Waals surface area contributed by atoms with Crippen molar-refractivity contribution in [2.75, 3.05) is 24.7 Å². The van der Waals surface area contributed by atoms with Crippen LogP contribution in [0.5, 0.6) is 5.75 Å². The van der Waals surface area contributed by atoms with Crippen LogP contribution in [-0.2, 0) is 4.79 Å². The summed E-state index contributed by atoms with van der Waals surface area (Å²) in [6.45, 7) is 3.46. The van der Waals surface area contributed by atoms with Crippen LogP contribution in [0.2, 0.25) is 0 Å². The highest BCUT2D eigenvalue weighted by Gasteiger charge is 2.35. The third-order valence-corrected chi connectivity index (χ3v) is 6.90. The van der Waals surface area contributed by atoms with Gasteiger partial charge in [-0.05, 0) is 62.8 Å². The lowest BCUT2D eigenvalue weighted by molar-refractivity contribution is -0.134. The summed E-state index contributed by atoms with van der Waals surface area (Å²) in [7, 11) is 0. The Hall–Kier alpha value is -2.22. The minimum Gasteiger partial charge on any atom is -0.494 e. The topological polar surface area (TPSA) is 86.3 Å². The van der Waals surface area contributed by atoms with E-state index in [0.717, 1.165) is 30.7 Å². The molecule has 0 unspecified atom stereocenters. The second-order valence-corrected chi connectivity index (χ2v) is 8.71. The fourth-order valence-corrected chi connectivity index (χ4v) is 5.33. The van der Waals surface area contributed by atoms with Crippen molar-refractivity contribution in [2.45, 2.75) is 56.6 Å². The highest BCUT2D eigenvalue weighted by Crippen LogP contribution is 2.35. The molecule has 1 aliphatic heterocycles. The Morgan fingerprint density at radius 2 is 1.93 bits per heavy atom. The number of carbonyl (C=O) groups excluding carboxylic acids is 1. The maximum atomic E-state index is 12.9. The van der Waals surface area contributed by atoms with Gasteiger partial charge in [0.1, 0.15) is 5.75 Å². The Morgan fingerprint density at radius 1 is 1.17 bits per heavy atom. The lowest BCUT2D eigenvalue weighted by Crippen LogP contribution is -2.50. The van der Waals surface area contributed by atoms with Gasteiger partial charge in [0, 0.05) is 18.2 Å². The van der Waals surface area contributed by atoms with E-state index in [1.54, 1.807) is 0 Å². The third-order valence-electron chi connectivity index (χ3n) is 5.98. The van der Waals surface area contributed by atoms with E-state index in [1.807, 2.05) is 31.2 Å². The second kappa shape index (κ2) is 9.07. The number of amides is 1. The summed E-state index contributed by atoms with van der Waals surface area (Å²) in [5, 5.41) is 8.97. The van der Waals surface area contributed by atoms with Crippen LogP contribution in [0, 0.1) is 5.92 Å². The van der Waals surface area contributed by atoms with Crippen LogP contribution < -0.4 is 10.6 Å². The largest absolute Gasteiger partial charge is 0.494 e. The van der Waals surface area contributed by atoms with Gasteiger partial charge in [-0.15, -0.1) is 10.2 Å². The first-order valence-electron chi connectivity index (χ1n) is 10.5. The van der Waals surface area contributed by atoms with E-state index < -0.39 is 0 Å². The SMILES string of the molecule is CCOc1ccc(-c2nnc(SCC(=O)N3CCC[C@@H]4CCCC[C@@H]43)n2N)cc1. The molecule has 1 amide bonds. The molecule has 0 spiro atoms. The first-order chi connectivity index (χ1) is 14.2. The molecule has 2 aromatic rings. The van der Waals surface area contributed by atoms with E-state index in [-0.39, 0.29) is 5.91 Å². The fraction of sp³-hybridized carbons (Fsp3) is 0.571. The Bertz CT molecular complexity index is 836.